The van der Waals surface area contributed by atoms with Crippen LogP contribution in [0.4, 0.5) is 0 Å². The average molecular weight is 440 g/mol. The second-order valence-electron chi connectivity index (χ2n) is 10.1. The molecule has 3 heterocycles. The normalized spacial score (nSPS) is 33.1. The van der Waals surface area contributed by atoms with E-state index in [1.54, 1.807) is 0 Å². The van der Waals surface area contributed by atoms with Gasteiger partial charge in [-0.05, 0) is 15.4 Å². The number of hydrogen-bond donors (Lipinski definition) is 0. The first-order valence-electron chi connectivity index (χ1n) is 11.3. The SMILES string of the molecule is C[C@H]1[C@H]2ON(C)[C@H](CO[Si](c3ccccc3)(c3ccccc3)C(C)(C)C)[C@H]2O[C@@H]2O[C@@H]21. The fraction of sp³-hybridized carbons (Fsp3) is 0.520. The summed E-state index contributed by atoms with van der Waals surface area (Å²) in [5.74, 6) is 0.323. The van der Waals surface area contributed by atoms with Gasteiger partial charge in [0.1, 0.15) is 18.3 Å². The van der Waals surface area contributed by atoms with Crippen molar-refractivity contribution in [1.82, 2.24) is 5.06 Å². The van der Waals surface area contributed by atoms with Gasteiger partial charge in [-0.25, -0.2) is 0 Å². The van der Waals surface area contributed by atoms with E-state index in [0.717, 1.165) is 0 Å². The van der Waals surface area contributed by atoms with Crippen LogP contribution in [-0.4, -0.2) is 57.7 Å². The Balaban J connectivity index is 1.49. The molecule has 3 fully saturated rings. The number of likely N-dealkylation sites (N-methyl/N-ethyl adjacent to an activating group) is 1. The molecule has 0 radical (unpaired) electrons. The maximum Gasteiger partial charge on any atom is 0.261 e. The van der Waals surface area contributed by atoms with E-state index in [2.05, 4.69) is 88.4 Å². The van der Waals surface area contributed by atoms with Crippen LogP contribution in [0.5, 0.6) is 0 Å². The molecule has 2 aromatic rings. The van der Waals surface area contributed by atoms with E-state index in [1.165, 1.54) is 10.4 Å². The lowest BCUT2D eigenvalue weighted by Crippen LogP contribution is -2.67. The fourth-order valence-electron chi connectivity index (χ4n) is 5.42. The molecule has 0 bridgehead atoms. The van der Waals surface area contributed by atoms with E-state index >= 15 is 0 Å². The van der Waals surface area contributed by atoms with Crippen molar-refractivity contribution in [3.8, 4) is 0 Å². The Labute approximate surface area is 186 Å². The van der Waals surface area contributed by atoms with Gasteiger partial charge in [-0.2, -0.15) is 5.06 Å². The Hall–Kier alpha value is -1.54. The smallest absolute Gasteiger partial charge is 0.261 e. The van der Waals surface area contributed by atoms with Gasteiger partial charge in [-0.3, -0.25) is 4.84 Å². The lowest BCUT2D eigenvalue weighted by Gasteiger charge is -2.44. The van der Waals surface area contributed by atoms with Gasteiger partial charge in [0.15, 0.2) is 6.29 Å². The zero-order chi connectivity index (χ0) is 21.8. The first-order chi connectivity index (χ1) is 14.8. The van der Waals surface area contributed by atoms with Crippen molar-refractivity contribution in [3.05, 3.63) is 60.7 Å². The number of rotatable bonds is 5. The fourth-order valence-corrected chi connectivity index (χ4v) is 10.00. The Kier molecular flexibility index (Phi) is 5.36. The van der Waals surface area contributed by atoms with Gasteiger partial charge >= 0.3 is 0 Å². The van der Waals surface area contributed by atoms with Crippen LogP contribution in [-0.2, 0) is 18.7 Å². The monoisotopic (exact) mass is 439 g/mol. The first-order valence-corrected chi connectivity index (χ1v) is 13.2. The Morgan fingerprint density at radius 2 is 1.42 bits per heavy atom. The molecule has 166 valence electrons. The van der Waals surface area contributed by atoms with Gasteiger partial charge in [-0.1, -0.05) is 88.4 Å². The molecule has 6 atom stereocenters. The quantitative estimate of drug-likeness (QED) is 0.529. The van der Waals surface area contributed by atoms with Crippen molar-refractivity contribution < 1.29 is 18.7 Å². The zero-order valence-electron chi connectivity index (χ0n) is 19.0. The van der Waals surface area contributed by atoms with Crippen LogP contribution < -0.4 is 10.4 Å². The third-order valence-corrected chi connectivity index (χ3v) is 12.2. The third kappa shape index (κ3) is 3.50. The second-order valence-corrected chi connectivity index (χ2v) is 14.4. The number of nitrogens with zero attached hydrogens (tertiary/aromatic N) is 1. The Morgan fingerprint density at radius 1 is 0.871 bits per heavy atom. The van der Waals surface area contributed by atoms with Crippen LogP contribution in [0.3, 0.4) is 0 Å². The molecule has 5 rings (SSSR count). The Morgan fingerprint density at radius 3 is 1.97 bits per heavy atom. The highest BCUT2D eigenvalue weighted by Gasteiger charge is 2.61. The van der Waals surface area contributed by atoms with Crippen molar-refractivity contribution in [2.24, 2.45) is 5.92 Å². The molecule has 0 unspecified atom stereocenters. The molecular weight excluding hydrogens is 406 g/mol. The molecule has 6 heteroatoms. The van der Waals surface area contributed by atoms with E-state index in [9.17, 15) is 0 Å². The summed E-state index contributed by atoms with van der Waals surface area (Å²) in [4.78, 5) is 6.21. The number of hydrogen-bond acceptors (Lipinski definition) is 5. The third-order valence-electron chi connectivity index (χ3n) is 7.16. The van der Waals surface area contributed by atoms with Gasteiger partial charge in [-0.15, -0.1) is 0 Å². The van der Waals surface area contributed by atoms with Gasteiger partial charge in [0, 0.05) is 13.0 Å². The molecule has 0 saturated carbocycles. The number of ether oxygens (including phenoxy) is 2. The minimum atomic E-state index is -2.60. The van der Waals surface area contributed by atoms with E-state index in [-0.39, 0.29) is 35.7 Å². The average Bonchev–Trinajstić information content (AvgIpc) is 3.47. The molecule has 0 amide bonds. The van der Waals surface area contributed by atoms with Crippen LogP contribution >= 0.6 is 0 Å². The lowest BCUT2D eigenvalue weighted by atomic mass is 9.91. The van der Waals surface area contributed by atoms with Crippen LogP contribution in [0.2, 0.25) is 5.04 Å². The summed E-state index contributed by atoms with van der Waals surface area (Å²) >= 11 is 0. The summed E-state index contributed by atoms with van der Waals surface area (Å²) in [7, 11) is -0.595. The molecule has 31 heavy (non-hydrogen) atoms. The second kappa shape index (κ2) is 7.80. The van der Waals surface area contributed by atoms with Crippen LogP contribution in [0, 0.1) is 5.92 Å². The highest BCUT2D eigenvalue weighted by Crippen LogP contribution is 2.45. The summed E-state index contributed by atoms with van der Waals surface area (Å²) in [5, 5.41) is 4.47. The van der Waals surface area contributed by atoms with Crippen LogP contribution in [0.1, 0.15) is 27.7 Å². The standard InChI is InChI=1S/C25H33NO4Si/c1-17-21-23(29-24-22(17)28-24)20(26(5)30-21)16-27-31(25(2,3)4,18-12-8-6-9-13-18)19-14-10-7-11-15-19/h6-15,17,20-24H,16H2,1-5H3/t17-,20+,21+,22+,23+,24-/m0/s1. The minimum Gasteiger partial charge on any atom is -0.406 e. The first kappa shape index (κ1) is 21.3. The minimum absolute atomic E-state index is 0.0153. The van der Waals surface area contributed by atoms with Gasteiger partial charge in [0.2, 0.25) is 0 Å². The highest BCUT2D eigenvalue weighted by molar-refractivity contribution is 6.99. The molecule has 0 spiro atoms. The van der Waals surface area contributed by atoms with Gasteiger partial charge in [0.05, 0.1) is 12.6 Å². The molecule has 0 aromatic heterocycles. The molecule has 3 aliphatic heterocycles. The predicted octanol–water partition coefficient (Wildman–Crippen LogP) is 2.94. The summed E-state index contributed by atoms with van der Waals surface area (Å²) in [5.41, 5.74) is 0. The number of hydroxylamine groups is 2. The molecule has 3 aliphatic rings. The molecule has 5 nitrogen and oxygen atoms in total. The van der Waals surface area contributed by atoms with Crippen molar-refractivity contribution in [1.29, 1.82) is 0 Å². The maximum atomic E-state index is 7.15. The van der Waals surface area contributed by atoms with Crippen molar-refractivity contribution in [2.75, 3.05) is 13.7 Å². The Bertz CT molecular complexity index is 863. The summed E-state index contributed by atoms with van der Waals surface area (Å²) in [6, 6.07) is 21.5. The lowest BCUT2D eigenvalue weighted by molar-refractivity contribution is -0.167. The number of epoxide rings is 1. The zero-order valence-corrected chi connectivity index (χ0v) is 20.0. The topological polar surface area (TPSA) is 43.5 Å². The van der Waals surface area contributed by atoms with Gasteiger partial charge < -0.3 is 13.9 Å². The van der Waals surface area contributed by atoms with Crippen molar-refractivity contribution in [3.63, 3.8) is 0 Å². The predicted molar refractivity (Wildman–Crippen MR) is 123 cm³/mol. The summed E-state index contributed by atoms with van der Waals surface area (Å²) in [6.07, 6.45) is 0.0659. The maximum absolute atomic E-state index is 7.15. The molecule has 3 saturated heterocycles. The van der Waals surface area contributed by atoms with E-state index in [4.69, 9.17) is 18.7 Å². The molecule has 2 aromatic carbocycles. The molecular formula is C25H33NO4Si. The largest absolute Gasteiger partial charge is 0.406 e. The summed E-state index contributed by atoms with van der Waals surface area (Å²) in [6.45, 7) is 9.66. The summed E-state index contributed by atoms with van der Waals surface area (Å²) < 4.78 is 19.1. The number of benzene rings is 2. The van der Waals surface area contributed by atoms with Crippen molar-refractivity contribution in [2.45, 2.75) is 63.4 Å². The van der Waals surface area contributed by atoms with E-state index in [1.807, 2.05) is 12.1 Å². The molecule has 0 N–H and O–H groups in total. The number of fused-ring (bicyclic) bond motifs is 2. The van der Waals surface area contributed by atoms with Gasteiger partial charge in [0.25, 0.3) is 8.32 Å². The highest BCUT2D eigenvalue weighted by atomic mass is 28.4. The van der Waals surface area contributed by atoms with Crippen LogP contribution in [0.15, 0.2) is 60.7 Å². The van der Waals surface area contributed by atoms with E-state index < -0.39 is 8.32 Å². The van der Waals surface area contributed by atoms with Crippen LogP contribution in [0.25, 0.3) is 0 Å². The van der Waals surface area contributed by atoms with Crippen molar-refractivity contribution >= 4 is 18.7 Å². The van der Waals surface area contributed by atoms with E-state index in [0.29, 0.717) is 12.5 Å². The molecule has 0 aliphatic carbocycles.